The van der Waals surface area contributed by atoms with Gasteiger partial charge in [0.15, 0.2) is 5.16 Å². The van der Waals surface area contributed by atoms with Crippen LogP contribution in [0.1, 0.15) is 24.4 Å². The van der Waals surface area contributed by atoms with E-state index in [1.807, 2.05) is 35.2 Å². The van der Waals surface area contributed by atoms with Gasteiger partial charge >= 0.3 is 0 Å². The van der Waals surface area contributed by atoms with E-state index in [1.165, 1.54) is 11.8 Å². The Labute approximate surface area is 178 Å². The van der Waals surface area contributed by atoms with Gasteiger partial charge in [-0.3, -0.25) is 4.79 Å². The fourth-order valence-electron chi connectivity index (χ4n) is 3.73. The summed E-state index contributed by atoms with van der Waals surface area (Å²) in [4.78, 5) is 22.7. The van der Waals surface area contributed by atoms with Crippen molar-refractivity contribution < 1.29 is 14.3 Å². The summed E-state index contributed by atoms with van der Waals surface area (Å²) in [7, 11) is 3.29. The van der Waals surface area contributed by atoms with Gasteiger partial charge in [0.05, 0.1) is 37.0 Å². The van der Waals surface area contributed by atoms with Crippen LogP contribution in [0.5, 0.6) is 11.5 Å². The van der Waals surface area contributed by atoms with Gasteiger partial charge in [-0.25, -0.2) is 4.98 Å². The number of amides is 1. The largest absolute Gasteiger partial charge is 0.497 e. The maximum absolute atomic E-state index is 13.0. The number of imidazole rings is 1. The number of carbonyl (C=O) groups is 1. The number of nitrogens with one attached hydrogen (secondary N) is 1. The molecule has 0 aliphatic carbocycles. The first-order valence-corrected chi connectivity index (χ1v) is 10.7. The van der Waals surface area contributed by atoms with Crippen LogP contribution in [0.2, 0.25) is 5.02 Å². The number of thioether (sulfide) groups is 1. The topological polar surface area (TPSA) is 67.5 Å². The number of aromatic nitrogens is 2. The Morgan fingerprint density at radius 2 is 2.14 bits per heavy atom. The van der Waals surface area contributed by atoms with E-state index < -0.39 is 0 Å². The first-order chi connectivity index (χ1) is 14.1. The highest BCUT2D eigenvalue weighted by Gasteiger charge is 2.32. The lowest BCUT2D eigenvalue weighted by molar-refractivity contribution is -0.129. The zero-order valence-corrected chi connectivity index (χ0v) is 17.8. The highest BCUT2D eigenvalue weighted by Crippen LogP contribution is 2.39. The minimum Gasteiger partial charge on any atom is -0.497 e. The minimum absolute atomic E-state index is 0.0115. The van der Waals surface area contributed by atoms with E-state index in [0.29, 0.717) is 15.9 Å². The van der Waals surface area contributed by atoms with Crippen LogP contribution >= 0.6 is 23.4 Å². The van der Waals surface area contributed by atoms with E-state index in [4.69, 9.17) is 21.1 Å². The van der Waals surface area contributed by atoms with E-state index in [-0.39, 0.29) is 11.9 Å². The third-order valence-electron chi connectivity index (χ3n) is 5.12. The van der Waals surface area contributed by atoms with Crippen molar-refractivity contribution in [3.8, 4) is 11.5 Å². The number of hydrogen-bond acceptors (Lipinski definition) is 5. The number of carbonyl (C=O) groups excluding carboxylic acids is 1. The van der Waals surface area contributed by atoms with Gasteiger partial charge in [-0.15, -0.1) is 0 Å². The van der Waals surface area contributed by atoms with Gasteiger partial charge in [-0.1, -0.05) is 23.4 Å². The SMILES string of the molecule is COc1ccc(OC)c(C2CCCN2C(=O)CSc2nc3ccc(Cl)cc3[nH]2)c1. The molecule has 1 aliphatic rings. The normalized spacial score (nSPS) is 16.4. The van der Waals surface area contributed by atoms with Crippen LogP contribution in [0.4, 0.5) is 0 Å². The molecule has 0 saturated carbocycles. The van der Waals surface area contributed by atoms with Gasteiger partial charge in [0.1, 0.15) is 11.5 Å². The van der Waals surface area contributed by atoms with Gasteiger partial charge < -0.3 is 19.4 Å². The van der Waals surface area contributed by atoms with Crippen molar-refractivity contribution in [1.29, 1.82) is 0 Å². The number of H-pyrrole nitrogens is 1. The lowest BCUT2D eigenvalue weighted by Gasteiger charge is -2.26. The fourth-order valence-corrected chi connectivity index (χ4v) is 4.67. The average molecular weight is 432 g/mol. The molecule has 4 rings (SSSR count). The van der Waals surface area contributed by atoms with Crippen molar-refractivity contribution in [2.45, 2.75) is 24.0 Å². The molecule has 1 N–H and O–H groups in total. The number of fused-ring (bicyclic) bond motifs is 1. The number of likely N-dealkylation sites (tertiary alicyclic amines) is 1. The smallest absolute Gasteiger partial charge is 0.233 e. The minimum atomic E-state index is -0.0115. The van der Waals surface area contributed by atoms with Crippen molar-refractivity contribution in [2.75, 3.05) is 26.5 Å². The molecule has 0 bridgehead atoms. The van der Waals surface area contributed by atoms with Crippen molar-refractivity contribution in [1.82, 2.24) is 14.9 Å². The van der Waals surface area contributed by atoms with Gasteiger partial charge in [0.2, 0.25) is 5.91 Å². The van der Waals surface area contributed by atoms with Crippen LogP contribution in [0.25, 0.3) is 11.0 Å². The van der Waals surface area contributed by atoms with Gasteiger partial charge in [-0.05, 0) is 49.2 Å². The third kappa shape index (κ3) is 4.16. The number of halogens is 1. The van der Waals surface area contributed by atoms with Crippen LogP contribution in [0, 0.1) is 0 Å². The molecule has 2 aromatic carbocycles. The number of rotatable bonds is 6. The summed E-state index contributed by atoms with van der Waals surface area (Å²) in [5.74, 6) is 1.93. The van der Waals surface area contributed by atoms with Crippen molar-refractivity contribution >= 4 is 40.3 Å². The quantitative estimate of drug-likeness (QED) is 0.573. The van der Waals surface area contributed by atoms with Crippen molar-refractivity contribution in [3.63, 3.8) is 0 Å². The van der Waals surface area contributed by atoms with Crippen LogP contribution in [-0.2, 0) is 4.79 Å². The second-order valence-electron chi connectivity index (χ2n) is 6.85. The number of ether oxygens (including phenoxy) is 2. The summed E-state index contributed by atoms with van der Waals surface area (Å²) in [6, 6.07) is 11.2. The Morgan fingerprint density at radius 3 is 2.93 bits per heavy atom. The van der Waals surface area contributed by atoms with Crippen LogP contribution < -0.4 is 9.47 Å². The van der Waals surface area contributed by atoms with Crippen LogP contribution in [0.15, 0.2) is 41.6 Å². The first-order valence-electron chi connectivity index (χ1n) is 9.38. The molecular weight excluding hydrogens is 410 g/mol. The molecule has 6 nitrogen and oxygen atoms in total. The summed E-state index contributed by atoms with van der Waals surface area (Å²) in [6.07, 6.45) is 1.87. The van der Waals surface area contributed by atoms with Gasteiger partial charge in [-0.2, -0.15) is 0 Å². The maximum Gasteiger partial charge on any atom is 0.233 e. The van der Waals surface area contributed by atoms with Crippen molar-refractivity contribution in [3.05, 3.63) is 47.0 Å². The Balaban J connectivity index is 1.49. The maximum atomic E-state index is 13.0. The number of methoxy groups -OCH3 is 2. The molecule has 3 aromatic rings. The molecule has 8 heteroatoms. The lowest BCUT2D eigenvalue weighted by Crippen LogP contribution is -2.32. The second-order valence-corrected chi connectivity index (χ2v) is 8.25. The molecule has 29 heavy (non-hydrogen) atoms. The van der Waals surface area contributed by atoms with E-state index >= 15 is 0 Å². The predicted octanol–water partition coefficient (Wildman–Crippen LogP) is 4.69. The van der Waals surface area contributed by atoms with E-state index in [1.54, 1.807) is 20.3 Å². The monoisotopic (exact) mass is 431 g/mol. The van der Waals surface area contributed by atoms with Crippen LogP contribution in [-0.4, -0.2) is 47.3 Å². The summed E-state index contributed by atoms with van der Waals surface area (Å²) in [6.45, 7) is 0.736. The predicted molar refractivity (Wildman–Crippen MR) is 115 cm³/mol. The zero-order chi connectivity index (χ0) is 20.4. The number of benzene rings is 2. The zero-order valence-electron chi connectivity index (χ0n) is 16.3. The van der Waals surface area contributed by atoms with Crippen molar-refractivity contribution in [2.24, 2.45) is 0 Å². The highest BCUT2D eigenvalue weighted by atomic mass is 35.5. The molecule has 2 heterocycles. The molecule has 0 radical (unpaired) electrons. The molecule has 1 saturated heterocycles. The first kappa shape index (κ1) is 19.9. The Kier molecular flexibility index (Phi) is 5.87. The Hall–Kier alpha value is -2.38. The molecule has 1 fully saturated rings. The number of nitrogens with zero attached hydrogens (tertiary/aromatic N) is 2. The molecule has 1 aromatic heterocycles. The summed E-state index contributed by atoms with van der Waals surface area (Å²) in [5, 5.41) is 1.37. The van der Waals surface area contributed by atoms with E-state index in [2.05, 4.69) is 9.97 Å². The molecule has 152 valence electrons. The molecule has 1 amide bonds. The van der Waals surface area contributed by atoms with Gasteiger partial charge in [0.25, 0.3) is 0 Å². The summed E-state index contributed by atoms with van der Waals surface area (Å²) in [5.41, 5.74) is 2.69. The summed E-state index contributed by atoms with van der Waals surface area (Å²) < 4.78 is 10.9. The fraction of sp³-hybridized carbons (Fsp3) is 0.333. The standard InChI is InChI=1S/C21H22ClN3O3S/c1-27-14-6-8-19(28-2)15(11-14)18-4-3-9-25(18)20(26)12-29-21-23-16-7-5-13(22)10-17(16)24-21/h5-8,10-11,18H,3-4,9,12H2,1-2H3,(H,23,24). The number of aromatic amines is 1. The molecule has 1 unspecified atom stereocenters. The summed E-state index contributed by atoms with van der Waals surface area (Å²) >= 11 is 7.43. The Bertz CT molecular complexity index is 1040. The molecule has 1 atom stereocenters. The lowest BCUT2D eigenvalue weighted by atomic mass is 10.0. The van der Waals surface area contributed by atoms with Crippen LogP contribution in [0.3, 0.4) is 0 Å². The Morgan fingerprint density at radius 1 is 1.28 bits per heavy atom. The molecule has 1 aliphatic heterocycles. The number of hydrogen-bond donors (Lipinski definition) is 1. The highest BCUT2D eigenvalue weighted by molar-refractivity contribution is 7.99. The molecule has 0 spiro atoms. The average Bonchev–Trinajstić information content (AvgIpc) is 3.38. The van der Waals surface area contributed by atoms with E-state index in [9.17, 15) is 4.79 Å². The second kappa shape index (κ2) is 8.55. The van der Waals surface area contributed by atoms with E-state index in [0.717, 1.165) is 47.5 Å². The molecular formula is C21H22ClN3O3S. The third-order valence-corrected chi connectivity index (χ3v) is 6.22. The van der Waals surface area contributed by atoms with Gasteiger partial charge in [0, 0.05) is 17.1 Å².